The molecule has 2 atom stereocenters. The minimum Gasteiger partial charge on any atom is -0.448 e. The van der Waals surface area contributed by atoms with Gasteiger partial charge in [-0.1, -0.05) is 0 Å². The lowest BCUT2D eigenvalue weighted by atomic mass is 10.2. The van der Waals surface area contributed by atoms with Gasteiger partial charge < -0.3 is 14.4 Å². The average Bonchev–Trinajstić information content (AvgIpc) is 2.83. The highest BCUT2D eigenvalue weighted by Crippen LogP contribution is 2.16. The zero-order chi connectivity index (χ0) is 14.2. The lowest BCUT2D eigenvalue weighted by Crippen LogP contribution is -2.42. The van der Waals surface area contributed by atoms with Crippen molar-refractivity contribution >= 4 is 15.9 Å². The van der Waals surface area contributed by atoms with Crippen molar-refractivity contribution in [2.75, 3.05) is 19.3 Å². The lowest BCUT2D eigenvalue weighted by molar-refractivity contribution is 0.0758. The lowest BCUT2D eigenvalue weighted by Gasteiger charge is -2.15. The first-order valence-electron chi connectivity index (χ1n) is 5.62. The maximum absolute atomic E-state index is 12.1. The average molecular weight is 289 g/mol. The van der Waals surface area contributed by atoms with Gasteiger partial charge in [0.1, 0.15) is 5.76 Å². The summed E-state index contributed by atoms with van der Waals surface area (Å²) in [6.45, 7) is 1.76. The molecular weight excluding hydrogens is 274 g/mol. The normalized spacial score (nSPS) is 23.8. The summed E-state index contributed by atoms with van der Waals surface area (Å²) in [6, 6.07) is -0.703. The number of carbonyl (C=O) groups is 1. The van der Waals surface area contributed by atoms with Crippen LogP contribution in [0.25, 0.3) is 0 Å². The summed E-state index contributed by atoms with van der Waals surface area (Å²) in [5, 5.41) is 9.77. The van der Waals surface area contributed by atoms with E-state index in [1.807, 2.05) is 0 Å². The van der Waals surface area contributed by atoms with Crippen molar-refractivity contribution in [3.8, 4) is 0 Å². The highest BCUT2D eigenvalue weighted by atomic mass is 32.2. The first kappa shape index (κ1) is 14.0. The monoisotopic (exact) mass is 289 g/mol. The zero-order valence-corrected chi connectivity index (χ0v) is 11.3. The van der Waals surface area contributed by atoms with E-state index in [0.717, 1.165) is 6.26 Å². The summed E-state index contributed by atoms with van der Waals surface area (Å²) in [5.74, 6) is 0.00196. The molecule has 2 N–H and O–H groups in total. The van der Waals surface area contributed by atoms with Crippen LogP contribution in [0.5, 0.6) is 0 Å². The van der Waals surface area contributed by atoms with Gasteiger partial charge in [0.15, 0.2) is 12.1 Å². The van der Waals surface area contributed by atoms with Crippen molar-refractivity contribution in [1.29, 1.82) is 0 Å². The van der Waals surface area contributed by atoms with E-state index in [-0.39, 0.29) is 24.7 Å². The molecule has 0 aromatic carbocycles. The number of amides is 1. The van der Waals surface area contributed by atoms with Crippen molar-refractivity contribution in [3.05, 3.63) is 17.8 Å². The van der Waals surface area contributed by atoms with E-state index in [1.165, 1.54) is 11.3 Å². The number of aryl methyl sites for hydroxylation is 1. The van der Waals surface area contributed by atoms with E-state index in [2.05, 4.69) is 9.71 Å². The molecule has 1 aromatic rings. The van der Waals surface area contributed by atoms with Gasteiger partial charge in [0.05, 0.1) is 18.4 Å². The molecule has 1 fully saturated rings. The molecule has 1 aliphatic rings. The third kappa shape index (κ3) is 3.11. The number of aromatic nitrogens is 1. The van der Waals surface area contributed by atoms with Crippen molar-refractivity contribution < 1.29 is 22.7 Å². The largest absolute Gasteiger partial charge is 0.448 e. The second kappa shape index (κ2) is 4.91. The molecule has 1 aromatic heterocycles. The predicted octanol–water partition coefficient (Wildman–Crippen LogP) is -1.28. The standard InChI is InChI=1S/C10H15N3O5S/c1-6-9(11-5-18-6)10(15)13-3-7(8(14)4-13)12-19(2,16)17/h5,7-8,12,14H,3-4H2,1-2H3/t7-,8-/m1/s1. The molecule has 0 aliphatic carbocycles. The molecule has 0 spiro atoms. The van der Waals surface area contributed by atoms with Crippen LogP contribution in [0.4, 0.5) is 0 Å². The number of rotatable bonds is 3. The number of hydrogen-bond donors (Lipinski definition) is 2. The van der Waals surface area contributed by atoms with Gasteiger partial charge in [0.2, 0.25) is 10.0 Å². The highest BCUT2D eigenvalue weighted by Gasteiger charge is 2.37. The third-order valence-corrected chi connectivity index (χ3v) is 3.62. The Bertz CT molecular complexity index is 582. The number of carbonyl (C=O) groups excluding carboxylic acids is 1. The van der Waals surface area contributed by atoms with Gasteiger partial charge in [-0.05, 0) is 6.92 Å². The Morgan fingerprint density at radius 3 is 2.79 bits per heavy atom. The topological polar surface area (TPSA) is 113 Å². The van der Waals surface area contributed by atoms with Gasteiger partial charge in [0.25, 0.3) is 5.91 Å². The predicted molar refractivity (Wildman–Crippen MR) is 64.9 cm³/mol. The van der Waals surface area contributed by atoms with Crippen LogP contribution in [0.3, 0.4) is 0 Å². The number of aliphatic hydroxyl groups is 1. The fraction of sp³-hybridized carbons (Fsp3) is 0.600. The first-order valence-corrected chi connectivity index (χ1v) is 7.52. The Kier molecular flexibility index (Phi) is 3.61. The maximum atomic E-state index is 12.1. The Labute approximate surface area is 110 Å². The van der Waals surface area contributed by atoms with E-state index >= 15 is 0 Å². The number of β-amino-alcohol motifs (C(OH)–C–C–N with tert-alkyl or cyclic N) is 1. The van der Waals surface area contributed by atoms with Crippen LogP contribution in [0.2, 0.25) is 0 Å². The smallest absolute Gasteiger partial charge is 0.276 e. The summed E-state index contributed by atoms with van der Waals surface area (Å²) in [7, 11) is -3.43. The Morgan fingerprint density at radius 1 is 1.58 bits per heavy atom. The van der Waals surface area contributed by atoms with Crippen molar-refractivity contribution in [1.82, 2.24) is 14.6 Å². The van der Waals surface area contributed by atoms with Gasteiger partial charge in [-0.15, -0.1) is 0 Å². The van der Waals surface area contributed by atoms with Gasteiger partial charge >= 0.3 is 0 Å². The molecule has 1 amide bonds. The second-order valence-electron chi connectivity index (χ2n) is 4.53. The summed E-state index contributed by atoms with van der Waals surface area (Å²) in [6.07, 6.45) is 1.23. The van der Waals surface area contributed by atoms with Crippen LogP contribution in [-0.4, -0.2) is 60.8 Å². The van der Waals surface area contributed by atoms with Crippen LogP contribution >= 0.6 is 0 Å². The van der Waals surface area contributed by atoms with E-state index in [1.54, 1.807) is 6.92 Å². The fourth-order valence-corrected chi connectivity index (χ4v) is 2.79. The van der Waals surface area contributed by atoms with Crippen LogP contribution in [0.1, 0.15) is 16.2 Å². The minimum atomic E-state index is -3.43. The van der Waals surface area contributed by atoms with E-state index in [0.29, 0.717) is 5.76 Å². The van der Waals surface area contributed by atoms with Crippen molar-refractivity contribution in [2.24, 2.45) is 0 Å². The number of likely N-dealkylation sites (tertiary alicyclic amines) is 1. The highest BCUT2D eigenvalue weighted by molar-refractivity contribution is 7.88. The van der Waals surface area contributed by atoms with Crippen LogP contribution in [0.15, 0.2) is 10.8 Å². The van der Waals surface area contributed by atoms with Gasteiger partial charge in [-0.2, -0.15) is 0 Å². The van der Waals surface area contributed by atoms with E-state index in [9.17, 15) is 18.3 Å². The van der Waals surface area contributed by atoms with Gasteiger partial charge in [0, 0.05) is 13.1 Å². The third-order valence-electron chi connectivity index (χ3n) is 2.89. The zero-order valence-electron chi connectivity index (χ0n) is 10.5. The number of oxazole rings is 1. The SMILES string of the molecule is Cc1ocnc1C(=O)N1C[C@@H](O)[C@H](NS(C)(=O)=O)C1. The molecule has 1 aliphatic heterocycles. The molecule has 0 bridgehead atoms. The quantitative estimate of drug-likeness (QED) is 0.716. The van der Waals surface area contributed by atoms with Crippen LogP contribution in [-0.2, 0) is 10.0 Å². The summed E-state index contributed by atoms with van der Waals surface area (Å²) >= 11 is 0. The Balaban J connectivity index is 2.09. The summed E-state index contributed by atoms with van der Waals surface area (Å²) in [4.78, 5) is 17.3. The molecule has 2 heterocycles. The number of nitrogens with zero attached hydrogens (tertiary/aromatic N) is 2. The number of aliphatic hydroxyl groups excluding tert-OH is 1. The molecule has 0 saturated carbocycles. The minimum absolute atomic E-state index is 0.0539. The molecular formula is C10H15N3O5S. The fourth-order valence-electron chi connectivity index (χ4n) is 2.00. The van der Waals surface area contributed by atoms with Crippen LogP contribution in [0, 0.1) is 6.92 Å². The van der Waals surface area contributed by atoms with Crippen LogP contribution < -0.4 is 4.72 Å². The summed E-state index contributed by atoms with van der Waals surface area (Å²) in [5.41, 5.74) is 0.173. The molecule has 2 rings (SSSR count). The molecule has 9 heteroatoms. The molecule has 0 radical (unpaired) electrons. The molecule has 0 unspecified atom stereocenters. The van der Waals surface area contributed by atoms with Gasteiger partial charge in [-0.3, -0.25) is 4.79 Å². The number of sulfonamides is 1. The van der Waals surface area contributed by atoms with E-state index < -0.39 is 22.2 Å². The Hall–Kier alpha value is -1.45. The number of nitrogens with one attached hydrogen (secondary N) is 1. The summed E-state index contributed by atoms with van der Waals surface area (Å²) < 4.78 is 29.5. The van der Waals surface area contributed by atoms with Gasteiger partial charge in [-0.25, -0.2) is 18.1 Å². The molecule has 106 valence electrons. The molecule has 19 heavy (non-hydrogen) atoms. The molecule has 1 saturated heterocycles. The van der Waals surface area contributed by atoms with Crippen molar-refractivity contribution in [3.63, 3.8) is 0 Å². The van der Waals surface area contributed by atoms with E-state index in [4.69, 9.17) is 4.42 Å². The first-order chi connectivity index (χ1) is 8.78. The number of hydrogen-bond acceptors (Lipinski definition) is 6. The second-order valence-corrected chi connectivity index (χ2v) is 6.31. The Morgan fingerprint density at radius 2 is 2.26 bits per heavy atom. The maximum Gasteiger partial charge on any atom is 0.276 e. The van der Waals surface area contributed by atoms with Crippen molar-refractivity contribution in [2.45, 2.75) is 19.1 Å². The molecule has 8 nitrogen and oxygen atoms in total.